The Bertz CT molecular complexity index is 1020. The fraction of sp³-hybridized carbons (Fsp3) is 0.267. The number of carbonyl (C=O) groups is 1. The zero-order chi connectivity index (χ0) is 18.9. The number of carbonyl (C=O) groups excluding carboxylic acids is 1. The fourth-order valence-electron chi connectivity index (χ4n) is 2.34. The average Bonchev–Trinajstić information content (AvgIpc) is 3.00. The Morgan fingerprint density at radius 2 is 2.08 bits per heavy atom. The van der Waals surface area contributed by atoms with E-state index < -0.39 is 29.8 Å². The van der Waals surface area contributed by atoms with Crippen molar-refractivity contribution in [2.75, 3.05) is 5.32 Å². The fourth-order valence-corrected chi connectivity index (χ4v) is 2.34. The van der Waals surface area contributed by atoms with E-state index in [0.717, 1.165) is 16.7 Å². The van der Waals surface area contributed by atoms with Crippen molar-refractivity contribution in [3.8, 4) is 0 Å². The van der Waals surface area contributed by atoms with E-state index >= 15 is 0 Å². The number of aromatic nitrogens is 5. The molecule has 0 aliphatic carbocycles. The Labute approximate surface area is 144 Å². The molecule has 3 aromatic rings. The van der Waals surface area contributed by atoms with Crippen molar-refractivity contribution >= 4 is 22.8 Å². The maximum atomic E-state index is 12.7. The topological polar surface area (TPSA) is 94.7 Å². The van der Waals surface area contributed by atoms with Crippen molar-refractivity contribution in [3.05, 3.63) is 46.5 Å². The van der Waals surface area contributed by atoms with Crippen LogP contribution < -0.4 is 10.9 Å². The lowest BCUT2D eigenvalue weighted by atomic mass is 10.2. The summed E-state index contributed by atoms with van der Waals surface area (Å²) in [6.45, 7) is 1.86. The Kier molecular flexibility index (Phi) is 4.45. The van der Waals surface area contributed by atoms with Gasteiger partial charge in [-0.15, -0.1) is 5.10 Å². The molecule has 136 valence electrons. The first kappa shape index (κ1) is 17.6. The summed E-state index contributed by atoms with van der Waals surface area (Å²) < 4.78 is 40.6. The molecule has 0 saturated carbocycles. The van der Waals surface area contributed by atoms with Crippen LogP contribution in [-0.4, -0.2) is 30.5 Å². The number of benzene rings is 1. The number of aryl methyl sites for hydroxylation is 1. The van der Waals surface area contributed by atoms with Crippen LogP contribution in [0.25, 0.3) is 11.2 Å². The van der Waals surface area contributed by atoms with Crippen molar-refractivity contribution in [2.24, 2.45) is 0 Å². The smallest absolute Gasteiger partial charge is 0.325 e. The molecule has 1 aromatic carbocycles. The molecule has 0 aliphatic rings. The molecule has 11 heteroatoms. The minimum Gasteiger partial charge on any atom is -0.325 e. The van der Waals surface area contributed by atoms with Crippen LogP contribution in [0, 0.1) is 0 Å². The van der Waals surface area contributed by atoms with Crippen molar-refractivity contribution in [3.63, 3.8) is 0 Å². The minimum atomic E-state index is -4.52. The van der Waals surface area contributed by atoms with Crippen LogP contribution in [0.1, 0.15) is 12.5 Å². The second-order valence-electron chi connectivity index (χ2n) is 5.38. The van der Waals surface area contributed by atoms with Crippen LogP contribution in [0.2, 0.25) is 0 Å². The van der Waals surface area contributed by atoms with E-state index in [9.17, 15) is 22.8 Å². The Morgan fingerprint density at radius 1 is 1.31 bits per heavy atom. The van der Waals surface area contributed by atoms with Crippen LogP contribution in [0.3, 0.4) is 0 Å². The molecule has 0 saturated heterocycles. The van der Waals surface area contributed by atoms with E-state index in [4.69, 9.17) is 0 Å². The van der Waals surface area contributed by atoms with Crippen LogP contribution in [0.4, 0.5) is 18.9 Å². The van der Waals surface area contributed by atoms with Crippen molar-refractivity contribution in [1.82, 2.24) is 24.5 Å². The highest BCUT2D eigenvalue weighted by Gasteiger charge is 2.30. The molecular formula is C15H13F3N6O2. The van der Waals surface area contributed by atoms with Crippen LogP contribution in [0.5, 0.6) is 0 Å². The molecule has 1 N–H and O–H groups in total. The van der Waals surface area contributed by atoms with Crippen LogP contribution >= 0.6 is 0 Å². The molecule has 0 aliphatic heterocycles. The van der Waals surface area contributed by atoms with E-state index in [0.29, 0.717) is 12.2 Å². The van der Waals surface area contributed by atoms with E-state index in [1.54, 1.807) is 0 Å². The van der Waals surface area contributed by atoms with Gasteiger partial charge in [-0.3, -0.25) is 14.2 Å². The standard InChI is InChI=1S/C15H13F3N6O2/c1-2-24-13-12(21-22-24)14(26)23(8-19-13)7-11(25)20-10-5-3-4-9(6-10)15(16,17)18/h3-6,8H,2,7H2,1H3,(H,20,25). The lowest BCUT2D eigenvalue weighted by Gasteiger charge is -2.10. The quantitative estimate of drug-likeness (QED) is 0.758. The van der Waals surface area contributed by atoms with Gasteiger partial charge in [-0.2, -0.15) is 13.2 Å². The lowest BCUT2D eigenvalue weighted by Crippen LogP contribution is -2.28. The summed E-state index contributed by atoms with van der Waals surface area (Å²) in [6.07, 6.45) is -3.34. The van der Waals surface area contributed by atoms with Crippen molar-refractivity contribution < 1.29 is 18.0 Å². The third-order valence-corrected chi connectivity index (χ3v) is 3.58. The van der Waals surface area contributed by atoms with Gasteiger partial charge in [0.1, 0.15) is 12.9 Å². The highest BCUT2D eigenvalue weighted by molar-refractivity contribution is 5.90. The van der Waals surface area contributed by atoms with Gasteiger partial charge >= 0.3 is 6.18 Å². The van der Waals surface area contributed by atoms with Gasteiger partial charge < -0.3 is 5.32 Å². The van der Waals surface area contributed by atoms with Crippen LogP contribution in [0.15, 0.2) is 35.4 Å². The van der Waals surface area contributed by atoms with Crippen molar-refractivity contribution in [1.29, 1.82) is 0 Å². The zero-order valence-electron chi connectivity index (χ0n) is 13.5. The van der Waals surface area contributed by atoms with Gasteiger partial charge in [0.2, 0.25) is 5.91 Å². The molecule has 0 atom stereocenters. The van der Waals surface area contributed by atoms with Crippen LogP contribution in [-0.2, 0) is 24.1 Å². The Morgan fingerprint density at radius 3 is 2.77 bits per heavy atom. The third-order valence-electron chi connectivity index (χ3n) is 3.58. The number of hydrogen-bond acceptors (Lipinski definition) is 5. The predicted octanol–water partition coefficient (Wildman–Crippen LogP) is 1.67. The van der Waals surface area contributed by atoms with Gasteiger partial charge in [0, 0.05) is 12.2 Å². The van der Waals surface area contributed by atoms with E-state index in [1.165, 1.54) is 23.1 Å². The molecule has 2 heterocycles. The number of alkyl halides is 3. The number of amides is 1. The summed E-state index contributed by atoms with van der Waals surface area (Å²) in [7, 11) is 0. The first-order chi connectivity index (χ1) is 12.3. The summed E-state index contributed by atoms with van der Waals surface area (Å²) in [4.78, 5) is 28.4. The maximum Gasteiger partial charge on any atom is 0.416 e. The minimum absolute atomic E-state index is 0.0150. The van der Waals surface area contributed by atoms with Gasteiger partial charge in [0.15, 0.2) is 11.2 Å². The molecule has 2 aromatic heterocycles. The van der Waals surface area contributed by atoms with Gasteiger partial charge in [0.05, 0.1) is 5.56 Å². The number of rotatable bonds is 4. The molecule has 0 unspecified atom stereocenters. The Balaban J connectivity index is 1.80. The second kappa shape index (κ2) is 6.58. The SMILES string of the molecule is CCn1nnc2c(=O)n(CC(=O)Nc3cccc(C(F)(F)F)c3)cnc21. The first-order valence-corrected chi connectivity index (χ1v) is 7.55. The molecule has 0 radical (unpaired) electrons. The number of hydrogen-bond donors (Lipinski definition) is 1. The molecule has 0 spiro atoms. The van der Waals surface area contributed by atoms with Crippen molar-refractivity contribution in [2.45, 2.75) is 26.2 Å². The number of nitrogens with zero attached hydrogens (tertiary/aromatic N) is 5. The number of fused-ring (bicyclic) bond motifs is 1. The third kappa shape index (κ3) is 3.41. The Hall–Kier alpha value is -3.24. The summed E-state index contributed by atoms with van der Waals surface area (Å²) >= 11 is 0. The van der Waals surface area contributed by atoms with E-state index in [2.05, 4.69) is 20.6 Å². The molecule has 0 bridgehead atoms. The lowest BCUT2D eigenvalue weighted by molar-refractivity contribution is -0.137. The second-order valence-corrected chi connectivity index (χ2v) is 5.38. The molecule has 8 nitrogen and oxygen atoms in total. The number of anilines is 1. The largest absolute Gasteiger partial charge is 0.416 e. The molecule has 26 heavy (non-hydrogen) atoms. The molecule has 3 rings (SSSR count). The van der Waals surface area contributed by atoms with Gasteiger partial charge in [-0.05, 0) is 25.1 Å². The van der Waals surface area contributed by atoms with Gasteiger partial charge in [-0.25, -0.2) is 9.67 Å². The molecule has 0 fully saturated rings. The zero-order valence-corrected chi connectivity index (χ0v) is 13.5. The summed E-state index contributed by atoms with van der Waals surface area (Å²) in [6, 6.07) is 4.22. The summed E-state index contributed by atoms with van der Waals surface area (Å²) in [5.74, 6) is -0.671. The van der Waals surface area contributed by atoms with Gasteiger partial charge in [0.25, 0.3) is 5.56 Å². The average molecular weight is 366 g/mol. The maximum absolute atomic E-state index is 12.7. The first-order valence-electron chi connectivity index (χ1n) is 7.55. The van der Waals surface area contributed by atoms with E-state index in [1.807, 2.05) is 6.92 Å². The summed E-state index contributed by atoms with van der Waals surface area (Å²) in [5, 5.41) is 9.85. The predicted molar refractivity (Wildman–Crippen MR) is 85.3 cm³/mol. The molecular weight excluding hydrogens is 353 g/mol. The number of nitrogens with one attached hydrogen (secondary N) is 1. The normalized spacial score (nSPS) is 11.7. The summed E-state index contributed by atoms with van der Waals surface area (Å²) in [5.41, 5.74) is -1.15. The highest BCUT2D eigenvalue weighted by Crippen LogP contribution is 2.30. The van der Waals surface area contributed by atoms with Gasteiger partial charge in [-0.1, -0.05) is 11.3 Å². The highest BCUT2D eigenvalue weighted by atomic mass is 19.4. The number of halogens is 3. The van der Waals surface area contributed by atoms with E-state index in [-0.39, 0.29) is 11.2 Å². The monoisotopic (exact) mass is 366 g/mol. The molecule has 1 amide bonds.